The average molecular weight is 430 g/mol. The topological polar surface area (TPSA) is 85.7 Å². The molecule has 8 nitrogen and oxygen atoms in total. The second kappa shape index (κ2) is 7.77. The molecule has 0 saturated carbocycles. The number of aryl methyl sites for hydroxylation is 1. The molecule has 160 valence electrons. The molecular formula is C23H19FN6O2. The van der Waals surface area contributed by atoms with Gasteiger partial charge in [0.2, 0.25) is 5.91 Å². The fourth-order valence-electron chi connectivity index (χ4n) is 3.56. The first-order chi connectivity index (χ1) is 15.5. The third kappa shape index (κ3) is 3.53. The minimum Gasteiger partial charge on any atom is -0.324 e. The largest absolute Gasteiger partial charge is 0.350 e. The van der Waals surface area contributed by atoms with Crippen LogP contribution in [-0.2, 0) is 17.8 Å². The van der Waals surface area contributed by atoms with E-state index in [1.54, 1.807) is 35.1 Å². The Morgan fingerprint density at radius 2 is 1.78 bits per heavy atom. The predicted molar refractivity (Wildman–Crippen MR) is 118 cm³/mol. The number of amides is 1. The number of rotatable bonds is 5. The second-order valence-electron chi connectivity index (χ2n) is 7.40. The van der Waals surface area contributed by atoms with Gasteiger partial charge in [0.05, 0.1) is 5.69 Å². The molecule has 32 heavy (non-hydrogen) atoms. The van der Waals surface area contributed by atoms with Crippen LogP contribution in [0.1, 0.15) is 12.5 Å². The van der Waals surface area contributed by atoms with Crippen LogP contribution in [0.2, 0.25) is 0 Å². The molecule has 0 aliphatic rings. The zero-order valence-corrected chi connectivity index (χ0v) is 17.2. The molecule has 0 aliphatic heterocycles. The van der Waals surface area contributed by atoms with Crippen LogP contribution in [0.4, 0.5) is 10.1 Å². The summed E-state index contributed by atoms with van der Waals surface area (Å²) in [5.41, 5.74) is 3.73. The molecule has 1 N–H and O–H groups in total. The van der Waals surface area contributed by atoms with Crippen molar-refractivity contribution in [2.24, 2.45) is 0 Å². The molecule has 5 aromatic rings. The predicted octanol–water partition coefficient (Wildman–Crippen LogP) is 3.15. The van der Waals surface area contributed by atoms with Crippen molar-refractivity contribution in [1.82, 2.24) is 23.8 Å². The molecule has 0 atom stereocenters. The van der Waals surface area contributed by atoms with E-state index in [1.807, 2.05) is 24.3 Å². The van der Waals surface area contributed by atoms with E-state index in [2.05, 4.69) is 22.4 Å². The Kier molecular flexibility index (Phi) is 4.78. The van der Waals surface area contributed by atoms with Gasteiger partial charge in [0.1, 0.15) is 17.9 Å². The summed E-state index contributed by atoms with van der Waals surface area (Å²) in [6, 6.07) is 15.3. The summed E-state index contributed by atoms with van der Waals surface area (Å²) in [7, 11) is 0. The van der Waals surface area contributed by atoms with Crippen LogP contribution in [0.15, 0.2) is 71.8 Å². The highest BCUT2D eigenvalue weighted by Crippen LogP contribution is 2.21. The quantitative estimate of drug-likeness (QED) is 0.464. The summed E-state index contributed by atoms with van der Waals surface area (Å²) >= 11 is 0. The van der Waals surface area contributed by atoms with E-state index < -0.39 is 5.69 Å². The van der Waals surface area contributed by atoms with Crippen molar-refractivity contribution in [2.75, 3.05) is 5.32 Å². The van der Waals surface area contributed by atoms with Crippen molar-refractivity contribution in [1.29, 1.82) is 0 Å². The molecular weight excluding hydrogens is 411 g/mol. The van der Waals surface area contributed by atoms with Crippen molar-refractivity contribution >= 4 is 22.8 Å². The van der Waals surface area contributed by atoms with Crippen LogP contribution in [0.25, 0.3) is 22.4 Å². The number of fused-ring (bicyclic) bond motifs is 3. The monoisotopic (exact) mass is 430 g/mol. The molecule has 9 heteroatoms. The lowest BCUT2D eigenvalue weighted by Gasteiger charge is -2.05. The molecule has 2 aromatic carbocycles. The van der Waals surface area contributed by atoms with E-state index in [4.69, 9.17) is 0 Å². The number of anilines is 1. The van der Waals surface area contributed by atoms with Crippen molar-refractivity contribution in [3.63, 3.8) is 0 Å². The SMILES string of the molecule is CCc1ccc(NC(=O)Cn2nc3c4cc(-c5ccc(F)cc5)nn4ccn3c2=O)cc1. The number of nitrogens with zero attached hydrogens (tertiary/aromatic N) is 5. The third-order valence-electron chi connectivity index (χ3n) is 5.27. The molecule has 0 saturated heterocycles. The van der Waals surface area contributed by atoms with Gasteiger partial charge in [-0.2, -0.15) is 5.10 Å². The summed E-state index contributed by atoms with van der Waals surface area (Å²) in [5.74, 6) is -0.680. The fourth-order valence-corrected chi connectivity index (χ4v) is 3.56. The Morgan fingerprint density at radius 1 is 1.03 bits per heavy atom. The Labute approximate surface area is 181 Å². The number of benzene rings is 2. The van der Waals surface area contributed by atoms with Crippen LogP contribution in [0.3, 0.4) is 0 Å². The van der Waals surface area contributed by atoms with Gasteiger partial charge in [-0.15, -0.1) is 5.10 Å². The van der Waals surface area contributed by atoms with Gasteiger partial charge >= 0.3 is 5.69 Å². The average Bonchev–Trinajstić information content (AvgIpc) is 3.36. The van der Waals surface area contributed by atoms with E-state index in [1.165, 1.54) is 22.1 Å². The summed E-state index contributed by atoms with van der Waals surface area (Å²) in [6.07, 6.45) is 4.10. The van der Waals surface area contributed by atoms with Crippen LogP contribution in [-0.4, -0.2) is 29.7 Å². The van der Waals surface area contributed by atoms with E-state index >= 15 is 0 Å². The first-order valence-electron chi connectivity index (χ1n) is 10.1. The smallest absolute Gasteiger partial charge is 0.324 e. The van der Waals surface area contributed by atoms with E-state index in [0.717, 1.165) is 16.7 Å². The number of nitrogens with one attached hydrogen (secondary N) is 1. The van der Waals surface area contributed by atoms with Gasteiger partial charge in [0, 0.05) is 23.6 Å². The van der Waals surface area contributed by atoms with E-state index in [0.29, 0.717) is 22.5 Å². The molecule has 0 aliphatic carbocycles. The minimum absolute atomic E-state index is 0.221. The van der Waals surface area contributed by atoms with Crippen LogP contribution in [0.5, 0.6) is 0 Å². The highest BCUT2D eigenvalue weighted by Gasteiger charge is 2.15. The highest BCUT2D eigenvalue weighted by atomic mass is 19.1. The third-order valence-corrected chi connectivity index (χ3v) is 5.27. The summed E-state index contributed by atoms with van der Waals surface area (Å²) in [5, 5.41) is 11.6. The maximum atomic E-state index is 13.2. The molecule has 0 fully saturated rings. The molecule has 3 aromatic heterocycles. The van der Waals surface area contributed by atoms with Gasteiger partial charge < -0.3 is 5.32 Å². The minimum atomic E-state index is -0.427. The Balaban J connectivity index is 1.45. The van der Waals surface area contributed by atoms with Gasteiger partial charge in [-0.25, -0.2) is 22.8 Å². The second-order valence-corrected chi connectivity index (χ2v) is 7.40. The fraction of sp³-hybridized carbons (Fsp3) is 0.130. The maximum Gasteiger partial charge on any atom is 0.350 e. The number of hydrogen-bond acceptors (Lipinski definition) is 4. The number of carbonyl (C=O) groups excluding carboxylic acids is 1. The maximum absolute atomic E-state index is 13.2. The summed E-state index contributed by atoms with van der Waals surface area (Å²) in [6.45, 7) is 1.84. The highest BCUT2D eigenvalue weighted by molar-refractivity contribution is 5.90. The molecule has 0 spiro atoms. The Bertz CT molecular complexity index is 1500. The van der Waals surface area contributed by atoms with E-state index in [-0.39, 0.29) is 18.3 Å². The molecule has 3 heterocycles. The van der Waals surface area contributed by atoms with Gasteiger partial charge in [0.25, 0.3) is 0 Å². The van der Waals surface area contributed by atoms with Crippen molar-refractivity contribution in [3.05, 3.63) is 88.9 Å². The summed E-state index contributed by atoms with van der Waals surface area (Å²) < 4.78 is 17.3. The van der Waals surface area contributed by atoms with Gasteiger partial charge in [-0.1, -0.05) is 19.1 Å². The van der Waals surface area contributed by atoms with Crippen molar-refractivity contribution in [2.45, 2.75) is 19.9 Å². The van der Waals surface area contributed by atoms with Crippen LogP contribution in [0, 0.1) is 5.82 Å². The lowest BCUT2D eigenvalue weighted by molar-refractivity contribution is -0.117. The Hall–Kier alpha value is -4.27. The first kappa shape index (κ1) is 19.7. The zero-order valence-electron chi connectivity index (χ0n) is 17.2. The number of carbonyl (C=O) groups is 1. The molecule has 0 unspecified atom stereocenters. The van der Waals surface area contributed by atoms with Crippen molar-refractivity contribution < 1.29 is 9.18 Å². The number of halogens is 1. The number of hydrogen-bond donors (Lipinski definition) is 1. The number of aromatic nitrogens is 5. The van der Waals surface area contributed by atoms with Gasteiger partial charge in [-0.3, -0.25) is 4.79 Å². The van der Waals surface area contributed by atoms with Gasteiger partial charge in [0.15, 0.2) is 5.65 Å². The molecule has 0 bridgehead atoms. The molecule has 5 rings (SSSR count). The standard InChI is InChI=1S/C23H19FN6O2/c1-2-15-3-9-18(10-4-15)25-21(31)14-30-23(32)28-11-12-29-20(22(28)27-30)13-19(26-29)16-5-7-17(24)8-6-16/h3-13H,2,14H2,1H3,(H,25,31). The van der Waals surface area contributed by atoms with Crippen LogP contribution >= 0.6 is 0 Å². The van der Waals surface area contributed by atoms with E-state index in [9.17, 15) is 14.0 Å². The van der Waals surface area contributed by atoms with Crippen LogP contribution < -0.4 is 11.0 Å². The lowest BCUT2D eigenvalue weighted by atomic mass is 10.1. The molecule has 1 amide bonds. The molecule has 0 radical (unpaired) electrons. The van der Waals surface area contributed by atoms with Crippen molar-refractivity contribution in [3.8, 4) is 11.3 Å². The van der Waals surface area contributed by atoms with Gasteiger partial charge in [-0.05, 0) is 54.4 Å². The zero-order chi connectivity index (χ0) is 22.2. The normalized spacial score (nSPS) is 11.3. The lowest BCUT2D eigenvalue weighted by Crippen LogP contribution is -2.28. The first-order valence-corrected chi connectivity index (χ1v) is 10.1. The summed E-state index contributed by atoms with van der Waals surface area (Å²) in [4.78, 5) is 25.2. The Morgan fingerprint density at radius 3 is 2.50 bits per heavy atom.